The molecule has 0 spiro atoms. The van der Waals surface area contributed by atoms with Crippen LogP contribution in [0.1, 0.15) is 26.4 Å². The van der Waals surface area contributed by atoms with E-state index >= 15 is 0 Å². The summed E-state index contributed by atoms with van der Waals surface area (Å²) < 4.78 is 1.03. The van der Waals surface area contributed by atoms with Crippen LogP contribution in [0.25, 0.3) is 0 Å². The molecule has 0 bridgehead atoms. The Morgan fingerprint density at radius 2 is 1.94 bits per heavy atom. The van der Waals surface area contributed by atoms with Gasteiger partial charge in [-0.05, 0) is 48.6 Å². The van der Waals surface area contributed by atoms with Gasteiger partial charge in [-0.2, -0.15) is 0 Å². The van der Waals surface area contributed by atoms with Crippen molar-refractivity contribution < 1.29 is 4.79 Å². The van der Waals surface area contributed by atoms with Crippen LogP contribution < -0.4 is 0 Å². The lowest BCUT2D eigenvalue weighted by Gasteiger charge is -2.09. The molecule has 3 heteroatoms. The zero-order valence-electron chi connectivity index (χ0n) is 9.79. The average Bonchev–Trinajstić information content (AvgIpc) is 2.68. The first-order valence-corrected chi connectivity index (χ1v) is 7.07. The van der Waals surface area contributed by atoms with Gasteiger partial charge in [0.15, 0.2) is 5.78 Å². The third-order valence-corrected chi connectivity index (χ3v) is 4.03. The van der Waals surface area contributed by atoms with Gasteiger partial charge in [0.25, 0.3) is 0 Å². The molecule has 0 unspecified atom stereocenters. The number of hydrogen-bond donors (Lipinski definition) is 0. The van der Waals surface area contributed by atoms with Gasteiger partial charge in [-0.1, -0.05) is 22.0 Å². The van der Waals surface area contributed by atoms with E-state index in [-0.39, 0.29) is 5.78 Å². The Morgan fingerprint density at radius 1 is 1.29 bits per heavy atom. The fourth-order valence-corrected chi connectivity index (χ4v) is 3.40. The van der Waals surface area contributed by atoms with E-state index in [1.165, 1.54) is 0 Å². The van der Waals surface area contributed by atoms with Gasteiger partial charge in [0.05, 0.1) is 0 Å². The van der Waals surface area contributed by atoms with E-state index in [0.717, 1.165) is 26.0 Å². The van der Waals surface area contributed by atoms with Crippen LogP contribution in [0.2, 0.25) is 0 Å². The van der Waals surface area contributed by atoms with Crippen molar-refractivity contribution in [1.82, 2.24) is 0 Å². The lowest BCUT2D eigenvalue weighted by molar-refractivity contribution is 0.0992. The quantitative estimate of drug-likeness (QED) is 0.760. The SMILES string of the molecule is Cc1cc(Br)cc(C)c1C(=O)Cc1cccs1. The molecule has 0 atom stereocenters. The molecule has 0 aliphatic rings. The second-order valence-electron chi connectivity index (χ2n) is 4.09. The molecule has 88 valence electrons. The molecule has 2 rings (SSSR count). The highest BCUT2D eigenvalue weighted by molar-refractivity contribution is 9.10. The first-order valence-electron chi connectivity index (χ1n) is 5.40. The van der Waals surface area contributed by atoms with Crippen molar-refractivity contribution in [3.63, 3.8) is 0 Å². The second-order valence-corrected chi connectivity index (χ2v) is 6.04. The molecule has 1 nitrogen and oxygen atoms in total. The Kier molecular flexibility index (Phi) is 3.79. The molecular weight excluding hydrogens is 296 g/mol. The van der Waals surface area contributed by atoms with Gasteiger partial charge in [0.2, 0.25) is 0 Å². The number of benzene rings is 1. The molecule has 0 aliphatic carbocycles. The molecule has 1 aromatic carbocycles. The van der Waals surface area contributed by atoms with Gasteiger partial charge < -0.3 is 0 Å². The minimum absolute atomic E-state index is 0.204. The van der Waals surface area contributed by atoms with Crippen molar-refractivity contribution in [1.29, 1.82) is 0 Å². The number of carbonyl (C=O) groups is 1. The summed E-state index contributed by atoms with van der Waals surface area (Å²) in [4.78, 5) is 13.4. The van der Waals surface area contributed by atoms with Crippen LogP contribution >= 0.6 is 27.3 Å². The van der Waals surface area contributed by atoms with Gasteiger partial charge in [-0.3, -0.25) is 4.79 Å². The van der Waals surface area contributed by atoms with Crippen LogP contribution in [0.3, 0.4) is 0 Å². The highest BCUT2D eigenvalue weighted by Crippen LogP contribution is 2.22. The summed E-state index contributed by atoms with van der Waals surface area (Å²) in [5.74, 6) is 0.204. The third-order valence-electron chi connectivity index (χ3n) is 2.69. The summed E-state index contributed by atoms with van der Waals surface area (Å²) in [7, 11) is 0. The molecule has 0 aliphatic heterocycles. The maximum Gasteiger partial charge on any atom is 0.168 e. The van der Waals surface area contributed by atoms with Crippen molar-refractivity contribution in [2.75, 3.05) is 0 Å². The predicted molar refractivity (Wildman–Crippen MR) is 76.0 cm³/mol. The number of rotatable bonds is 3. The maximum atomic E-state index is 12.3. The summed E-state index contributed by atoms with van der Waals surface area (Å²) in [6.45, 7) is 3.97. The zero-order chi connectivity index (χ0) is 12.4. The number of aryl methyl sites for hydroxylation is 2. The second kappa shape index (κ2) is 5.15. The van der Waals surface area contributed by atoms with E-state index < -0.39 is 0 Å². The molecule has 17 heavy (non-hydrogen) atoms. The summed E-state index contributed by atoms with van der Waals surface area (Å²) in [6, 6.07) is 7.98. The van der Waals surface area contributed by atoms with Crippen LogP contribution in [0.5, 0.6) is 0 Å². The number of halogens is 1. The Morgan fingerprint density at radius 3 is 2.47 bits per heavy atom. The monoisotopic (exact) mass is 308 g/mol. The highest BCUT2D eigenvalue weighted by atomic mass is 79.9. The van der Waals surface area contributed by atoms with Gasteiger partial charge in [0, 0.05) is 21.3 Å². The number of Topliss-reactive ketones (excluding diaryl/α,β-unsaturated/α-hetero) is 1. The van der Waals surface area contributed by atoms with E-state index in [2.05, 4.69) is 15.9 Å². The van der Waals surface area contributed by atoms with Crippen LogP contribution in [-0.4, -0.2) is 5.78 Å². The van der Waals surface area contributed by atoms with E-state index in [9.17, 15) is 4.79 Å². The molecule has 0 N–H and O–H groups in total. The summed E-state index contributed by atoms with van der Waals surface area (Å²) in [6.07, 6.45) is 0.501. The van der Waals surface area contributed by atoms with Gasteiger partial charge >= 0.3 is 0 Å². The van der Waals surface area contributed by atoms with Crippen molar-refractivity contribution in [3.05, 3.63) is 55.7 Å². The highest BCUT2D eigenvalue weighted by Gasteiger charge is 2.13. The molecule has 2 aromatic rings. The Hall–Kier alpha value is -0.930. The average molecular weight is 309 g/mol. The van der Waals surface area contributed by atoms with E-state index in [1.54, 1.807) is 11.3 Å². The summed E-state index contributed by atoms with van der Waals surface area (Å²) in [5.41, 5.74) is 2.94. The Bertz CT molecular complexity index is 520. The lowest BCUT2D eigenvalue weighted by atomic mass is 9.97. The van der Waals surface area contributed by atoms with Crippen LogP contribution in [0.4, 0.5) is 0 Å². The zero-order valence-corrected chi connectivity index (χ0v) is 12.2. The fourth-order valence-electron chi connectivity index (χ4n) is 2.01. The number of carbonyl (C=O) groups excluding carboxylic acids is 1. The molecule has 1 aromatic heterocycles. The third kappa shape index (κ3) is 2.85. The van der Waals surface area contributed by atoms with Crippen LogP contribution in [0.15, 0.2) is 34.1 Å². The van der Waals surface area contributed by atoms with E-state index in [1.807, 2.05) is 43.5 Å². The largest absolute Gasteiger partial charge is 0.294 e. The van der Waals surface area contributed by atoms with Crippen molar-refractivity contribution in [2.45, 2.75) is 20.3 Å². The maximum absolute atomic E-state index is 12.3. The molecular formula is C14H13BrOS. The van der Waals surface area contributed by atoms with Crippen molar-refractivity contribution in [2.24, 2.45) is 0 Å². The van der Waals surface area contributed by atoms with Crippen LogP contribution in [0, 0.1) is 13.8 Å². The number of thiophene rings is 1. The number of hydrogen-bond acceptors (Lipinski definition) is 2. The standard InChI is InChI=1S/C14H13BrOS/c1-9-6-11(15)7-10(2)14(9)13(16)8-12-4-3-5-17-12/h3-7H,8H2,1-2H3. The van der Waals surface area contributed by atoms with E-state index in [4.69, 9.17) is 0 Å². The molecule has 0 radical (unpaired) electrons. The topological polar surface area (TPSA) is 17.1 Å². The Balaban J connectivity index is 2.31. The minimum Gasteiger partial charge on any atom is -0.294 e. The summed E-state index contributed by atoms with van der Waals surface area (Å²) in [5, 5.41) is 2.00. The molecule has 1 heterocycles. The Labute approximate surface area is 114 Å². The number of ketones is 1. The van der Waals surface area contributed by atoms with Gasteiger partial charge in [0.1, 0.15) is 0 Å². The predicted octanol–water partition coefficient (Wildman–Crippen LogP) is 4.55. The van der Waals surface area contributed by atoms with Crippen LogP contribution in [-0.2, 0) is 6.42 Å². The van der Waals surface area contributed by atoms with Gasteiger partial charge in [-0.25, -0.2) is 0 Å². The molecule has 0 saturated carbocycles. The van der Waals surface area contributed by atoms with Crippen molar-refractivity contribution in [3.8, 4) is 0 Å². The van der Waals surface area contributed by atoms with Crippen molar-refractivity contribution >= 4 is 33.0 Å². The van der Waals surface area contributed by atoms with Gasteiger partial charge in [-0.15, -0.1) is 11.3 Å². The first kappa shape index (κ1) is 12.5. The minimum atomic E-state index is 0.204. The molecule has 0 fully saturated rings. The normalized spacial score (nSPS) is 10.5. The lowest BCUT2D eigenvalue weighted by Crippen LogP contribution is -2.07. The van der Waals surface area contributed by atoms with E-state index in [0.29, 0.717) is 6.42 Å². The summed E-state index contributed by atoms with van der Waals surface area (Å²) >= 11 is 5.08. The first-order chi connectivity index (χ1) is 8.08. The fraction of sp³-hybridized carbons (Fsp3) is 0.214. The molecule has 0 saturated heterocycles. The smallest absolute Gasteiger partial charge is 0.168 e. The molecule has 0 amide bonds.